The van der Waals surface area contributed by atoms with Gasteiger partial charge in [-0.1, -0.05) is 71.3 Å². The largest absolute Gasteiger partial charge is 0.299 e. The van der Waals surface area contributed by atoms with E-state index in [0.717, 1.165) is 22.8 Å². The third kappa shape index (κ3) is 3.76. The van der Waals surface area contributed by atoms with Crippen molar-refractivity contribution in [3.63, 3.8) is 0 Å². The van der Waals surface area contributed by atoms with E-state index in [2.05, 4.69) is 22.2 Å². The van der Waals surface area contributed by atoms with Crippen LogP contribution in [0.5, 0.6) is 0 Å². The van der Waals surface area contributed by atoms with Crippen LogP contribution in [-0.4, -0.2) is 9.55 Å². The van der Waals surface area contributed by atoms with Gasteiger partial charge in [0, 0.05) is 39.5 Å². The standard InChI is InChI=1S/C22H16ClN5/c23-17-10-12-19(13-11-17)28-15-18(14-16-6-2-1-3-7-16)25-22(28)20-8-4-5-9-21(20)26-27-24/h1-13,15H,14H2. The highest BCUT2D eigenvalue weighted by atomic mass is 35.5. The van der Waals surface area contributed by atoms with E-state index in [1.54, 1.807) is 6.07 Å². The molecule has 0 unspecified atom stereocenters. The van der Waals surface area contributed by atoms with Crippen molar-refractivity contribution in [2.24, 2.45) is 5.11 Å². The van der Waals surface area contributed by atoms with Crippen molar-refractivity contribution < 1.29 is 0 Å². The van der Waals surface area contributed by atoms with Crippen molar-refractivity contribution >= 4 is 17.3 Å². The number of rotatable bonds is 5. The van der Waals surface area contributed by atoms with Gasteiger partial charge in [-0.2, -0.15) is 0 Å². The number of nitrogens with zero attached hydrogens (tertiary/aromatic N) is 5. The van der Waals surface area contributed by atoms with Crippen LogP contribution in [-0.2, 0) is 6.42 Å². The Hall–Kier alpha value is -3.53. The Kier molecular flexibility index (Phi) is 5.11. The molecule has 4 rings (SSSR count). The van der Waals surface area contributed by atoms with Crippen LogP contribution >= 0.6 is 11.6 Å². The maximum absolute atomic E-state index is 8.92. The van der Waals surface area contributed by atoms with Gasteiger partial charge >= 0.3 is 0 Å². The summed E-state index contributed by atoms with van der Waals surface area (Å²) in [6.07, 6.45) is 2.72. The molecular weight excluding hydrogens is 370 g/mol. The molecule has 1 aromatic heterocycles. The summed E-state index contributed by atoms with van der Waals surface area (Å²) in [4.78, 5) is 7.82. The zero-order valence-corrected chi connectivity index (χ0v) is 15.7. The van der Waals surface area contributed by atoms with Gasteiger partial charge in [-0.3, -0.25) is 4.57 Å². The van der Waals surface area contributed by atoms with Crippen LogP contribution in [0.15, 0.2) is 90.2 Å². The molecule has 0 bridgehead atoms. The van der Waals surface area contributed by atoms with E-state index >= 15 is 0 Å². The molecule has 136 valence electrons. The molecule has 0 spiro atoms. The van der Waals surface area contributed by atoms with E-state index in [-0.39, 0.29) is 0 Å². The van der Waals surface area contributed by atoms with Gasteiger partial charge in [-0.15, -0.1) is 0 Å². The van der Waals surface area contributed by atoms with Gasteiger partial charge in [-0.05, 0) is 35.4 Å². The van der Waals surface area contributed by atoms with Gasteiger partial charge in [0.25, 0.3) is 0 Å². The van der Waals surface area contributed by atoms with Crippen molar-refractivity contribution in [2.45, 2.75) is 6.42 Å². The number of hydrogen-bond acceptors (Lipinski definition) is 2. The SMILES string of the molecule is [N-]=[N+]=Nc1ccccc1-c1nc(Cc2ccccc2)cn1-c1ccc(Cl)cc1. The fourth-order valence-corrected chi connectivity index (χ4v) is 3.23. The summed E-state index contributed by atoms with van der Waals surface area (Å²) in [5, 5.41) is 4.50. The fourth-order valence-electron chi connectivity index (χ4n) is 3.11. The number of azide groups is 1. The maximum Gasteiger partial charge on any atom is 0.145 e. The van der Waals surface area contributed by atoms with Gasteiger partial charge in [0.2, 0.25) is 0 Å². The Bertz CT molecular complexity index is 1140. The molecule has 6 heteroatoms. The van der Waals surface area contributed by atoms with Crippen LogP contribution in [0, 0.1) is 0 Å². The molecule has 28 heavy (non-hydrogen) atoms. The molecule has 0 saturated carbocycles. The Balaban J connectivity index is 1.86. The lowest BCUT2D eigenvalue weighted by Crippen LogP contribution is -1.96. The zero-order valence-electron chi connectivity index (χ0n) is 14.9. The summed E-state index contributed by atoms with van der Waals surface area (Å²) < 4.78 is 2.00. The lowest BCUT2D eigenvalue weighted by molar-refractivity contribution is 1.07. The number of hydrogen-bond donors (Lipinski definition) is 0. The zero-order chi connectivity index (χ0) is 19.3. The number of halogens is 1. The number of imidazole rings is 1. The van der Waals surface area contributed by atoms with E-state index in [1.165, 1.54) is 5.56 Å². The molecule has 5 nitrogen and oxygen atoms in total. The molecule has 0 aliphatic carbocycles. The molecule has 0 saturated heterocycles. The smallest absolute Gasteiger partial charge is 0.145 e. The minimum Gasteiger partial charge on any atom is -0.299 e. The van der Waals surface area contributed by atoms with Crippen molar-refractivity contribution in [2.75, 3.05) is 0 Å². The fraction of sp³-hybridized carbons (Fsp3) is 0.0455. The first-order valence-corrected chi connectivity index (χ1v) is 9.15. The first kappa shape index (κ1) is 17.9. The predicted molar refractivity (Wildman–Crippen MR) is 112 cm³/mol. The van der Waals surface area contributed by atoms with E-state index < -0.39 is 0 Å². The van der Waals surface area contributed by atoms with Crippen LogP contribution in [0.2, 0.25) is 5.02 Å². The molecule has 0 aliphatic rings. The summed E-state index contributed by atoms with van der Waals surface area (Å²) in [7, 11) is 0. The Morgan fingerprint density at radius 3 is 2.39 bits per heavy atom. The minimum atomic E-state index is 0.539. The average Bonchev–Trinajstić information content (AvgIpc) is 3.13. The maximum atomic E-state index is 8.92. The summed E-state index contributed by atoms with van der Waals surface area (Å²) in [6, 6.07) is 25.2. The van der Waals surface area contributed by atoms with Crippen LogP contribution in [0.4, 0.5) is 5.69 Å². The van der Waals surface area contributed by atoms with Crippen molar-refractivity contribution in [1.29, 1.82) is 0 Å². The molecule has 0 N–H and O–H groups in total. The third-order valence-electron chi connectivity index (χ3n) is 4.39. The van der Waals surface area contributed by atoms with Crippen LogP contribution in [0.1, 0.15) is 11.3 Å². The average molecular weight is 386 g/mol. The Morgan fingerprint density at radius 2 is 1.64 bits per heavy atom. The highest BCUT2D eigenvalue weighted by Gasteiger charge is 2.15. The molecule has 0 atom stereocenters. The molecule has 1 heterocycles. The molecule has 0 aliphatic heterocycles. The normalized spacial score (nSPS) is 10.5. The van der Waals surface area contributed by atoms with Gasteiger partial charge in [-0.25, -0.2) is 4.98 Å². The molecule has 0 fully saturated rings. The van der Waals surface area contributed by atoms with Crippen molar-refractivity contribution in [3.8, 4) is 17.1 Å². The van der Waals surface area contributed by atoms with Crippen molar-refractivity contribution in [1.82, 2.24) is 9.55 Å². The summed E-state index contributed by atoms with van der Waals surface area (Å²) >= 11 is 6.05. The van der Waals surface area contributed by atoms with E-state index in [0.29, 0.717) is 17.1 Å². The van der Waals surface area contributed by atoms with Crippen molar-refractivity contribution in [3.05, 3.63) is 112 Å². The molecule has 3 aromatic carbocycles. The molecule has 0 amide bonds. The highest BCUT2D eigenvalue weighted by Crippen LogP contribution is 2.32. The minimum absolute atomic E-state index is 0.539. The summed E-state index contributed by atoms with van der Waals surface area (Å²) in [5.41, 5.74) is 13.3. The summed E-state index contributed by atoms with van der Waals surface area (Å²) in [5.74, 6) is 0.719. The van der Waals surface area contributed by atoms with Gasteiger partial charge in [0.1, 0.15) is 5.82 Å². The van der Waals surface area contributed by atoms with E-state index in [9.17, 15) is 0 Å². The van der Waals surface area contributed by atoms with E-state index in [1.807, 2.05) is 71.4 Å². The van der Waals surface area contributed by atoms with Gasteiger partial charge in [0.15, 0.2) is 0 Å². The lowest BCUT2D eigenvalue weighted by Gasteiger charge is -2.09. The van der Waals surface area contributed by atoms with Gasteiger partial charge in [0.05, 0.1) is 5.69 Å². The lowest BCUT2D eigenvalue weighted by atomic mass is 10.1. The highest BCUT2D eigenvalue weighted by molar-refractivity contribution is 6.30. The topological polar surface area (TPSA) is 66.6 Å². The monoisotopic (exact) mass is 385 g/mol. The second-order valence-electron chi connectivity index (χ2n) is 6.27. The first-order chi connectivity index (χ1) is 13.7. The third-order valence-corrected chi connectivity index (χ3v) is 4.64. The number of aromatic nitrogens is 2. The molecule has 4 aromatic rings. The first-order valence-electron chi connectivity index (χ1n) is 8.77. The molecular formula is C22H16ClN5. The van der Waals surface area contributed by atoms with Crippen LogP contribution < -0.4 is 0 Å². The second-order valence-corrected chi connectivity index (χ2v) is 6.71. The van der Waals surface area contributed by atoms with Crippen LogP contribution in [0.25, 0.3) is 27.5 Å². The van der Waals surface area contributed by atoms with Crippen LogP contribution in [0.3, 0.4) is 0 Å². The number of benzene rings is 3. The molecule has 0 radical (unpaired) electrons. The summed E-state index contributed by atoms with van der Waals surface area (Å²) in [6.45, 7) is 0. The quantitative estimate of drug-likeness (QED) is 0.213. The van der Waals surface area contributed by atoms with E-state index in [4.69, 9.17) is 22.1 Å². The second kappa shape index (κ2) is 8.01. The van der Waals surface area contributed by atoms with Gasteiger partial charge < -0.3 is 0 Å². The predicted octanol–water partition coefficient (Wildman–Crippen LogP) is 6.73. The Labute approximate surface area is 167 Å². The Morgan fingerprint density at radius 1 is 0.929 bits per heavy atom.